The van der Waals surface area contributed by atoms with Crippen molar-refractivity contribution in [1.29, 1.82) is 0 Å². The Hall–Kier alpha value is -1.16. The van der Waals surface area contributed by atoms with Crippen LogP contribution in [0, 0.1) is 6.92 Å². The number of benzene rings is 1. The normalized spacial score (nSPS) is 10.1. The standard InChI is InChI=1S/C12H18N2OS/c1-9-5-3-6-10(12(9)13)16-8-4-7-11(15)14-2/h3,5-6H,4,7-8,13H2,1-2H3,(H,14,15). The van der Waals surface area contributed by atoms with E-state index >= 15 is 0 Å². The van der Waals surface area contributed by atoms with Gasteiger partial charge >= 0.3 is 0 Å². The van der Waals surface area contributed by atoms with Crippen molar-refractivity contribution in [2.75, 3.05) is 18.5 Å². The number of carbonyl (C=O) groups excluding carboxylic acids is 1. The average Bonchev–Trinajstić information content (AvgIpc) is 2.29. The fourth-order valence-corrected chi connectivity index (χ4v) is 2.32. The monoisotopic (exact) mass is 238 g/mol. The topological polar surface area (TPSA) is 55.1 Å². The maximum Gasteiger partial charge on any atom is 0.219 e. The van der Waals surface area contributed by atoms with Gasteiger partial charge in [-0.3, -0.25) is 4.79 Å². The molecule has 4 heteroatoms. The number of nitrogens with two attached hydrogens (primary N) is 1. The van der Waals surface area contributed by atoms with E-state index in [2.05, 4.69) is 5.32 Å². The fraction of sp³-hybridized carbons (Fsp3) is 0.417. The lowest BCUT2D eigenvalue weighted by atomic mass is 10.2. The highest BCUT2D eigenvalue weighted by atomic mass is 32.2. The van der Waals surface area contributed by atoms with Gasteiger partial charge in [0.25, 0.3) is 0 Å². The first-order valence-electron chi connectivity index (χ1n) is 5.33. The summed E-state index contributed by atoms with van der Waals surface area (Å²) in [6.07, 6.45) is 1.45. The van der Waals surface area contributed by atoms with E-state index in [9.17, 15) is 4.79 Å². The number of para-hydroxylation sites is 1. The summed E-state index contributed by atoms with van der Waals surface area (Å²) >= 11 is 1.71. The van der Waals surface area contributed by atoms with Crippen LogP contribution in [0.4, 0.5) is 5.69 Å². The van der Waals surface area contributed by atoms with Gasteiger partial charge in [0, 0.05) is 24.1 Å². The number of rotatable bonds is 5. The molecule has 0 aliphatic rings. The van der Waals surface area contributed by atoms with Crippen LogP contribution in [-0.4, -0.2) is 18.7 Å². The SMILES string of the molecule is CNC(=O)CCCSc1cccc(C)c1N. The molecule has 1 rings (SSSR count). The van der Waals surface area contributed by atoms with Crippen LogP contribution in [-0.2, 0) is 4.79 Å². The van der Waals surface area contributed by atoms with Crippen LogP contribution in [0.1, 0.15) is 18.4 Å². The molecule has 88 valence electrons. The maximum atomic E-state index is 11.0. The van der Waals surface area contributed by atoms with Crippen LogP contribution in [0.25, 0.3) is 0 Å². The van der Waals surface area contributed by atoms with Crippen molar-refractivity contribution in [1.82, 2.24) is 5.32 Å². The minimum absolute atomic E-state index is 0.0952. The fourth-order valence-electron chi connectivity index (χ4n) is 1.32. The molecule has 0 aliphatic heterocycles. The first kappa shape index (κ1) is 12.9. The highest BCUT2D eigenvalue weighted by Crippen LogP contribution is 2.27. The Kier molecular flexibility index (Phi) is 5.19. The van der Waals surface area contributed by atoms with Crippen LogP contribution >= 0.6 is 11.8 Å². The molecule has 1 aromatic rings. The van der Waals surface area contributed by atoms with Crippen molar-refractivity contribution >= 4 is 23.4 Å². The van der Waals surface area contributed by atoms with Gasteiger partial charge in [-0.1, -0.05) is 12.1 Å². The van der Waals surface area contributed by atoms with Gasteiger partial charge in [0.15, 0.2) is 0 Å². The van der Waals surface area contributed by atoms with Gasteiger partial charge in [-0.15, -0.1) is 11.8 Å². The summed E-state index contributed by atoms with van der Waals surface area (Å²) in [5.41, 5.74) is 7.91. The van der Waals surface area contributed by atoms with Gasteiger partial charge in [-0.25, -0.2) is 0 Å². The molecular weight excluding hydrogens is 220 g/mol. The van der Waals surface area contributed by atoms with E-state index in [1.807, 2.05) is 25.1 Å². The molecule has 0 atom stereocenters. The summed E-state index contributed by atoms with van der Waals surface area (Å²) < 4.78 is 0. The number of nitrogens with one attached hydrogen (secondary N) is 1. The second kappa shape index (κ2) is 6.43. The van der Waals surface area contributed by atoms with Gasteiger partial charge < -0.3 is 11.1 Å². The van der Waals surface area contributed by atoms with Gasteiger partial charge in [0.05, 0.1) is 0 Å². The van der Waals surface area contributed by atoms with Gasteiger partial charge in [0.2, 0.25) is 5.91 Å². The second-order valence-corrected chi connectivity index (χ2v) is 4.75. The summed E-state index contributed by atoms with van der Waals surface area (Å²) in [4.78, 5) is 12.1. The van der Waals surface area contributed by atoms with Crippen LogP contribution in [0.5, 0.6) is 0 Å². The first-order valence-corrected chi connectivity index (χ1v) is 6.32. The van der Waals surface area contributed by atoms with Gasteiger partial charge in [-0.05, 0) is 30.7 Å². The molecular formula is C12H18N2OS. The van der Waals surface area contributed by atoms with Crippen LogP contribution in [0.2, 0.25) is 0 Å². The number of anilines is 1. The summed E-state index contributed by atoms with van der Waals surface area (Å²) in [6.45, 7) is 2.00. The Morgan fingerprint density at radius 2 is 2.25 bits per heavy atom. The van der Waals surface area contributed by atoms with Crippen LogP contribution in [0.15, 0.2) is 23.1 Å². The van der Waals surface area contributed by atoms with E-state index in [4.69, 9.17) is 5.73 Å². The van der Waals surface area contributed by atoms with Crippen LogP contribution in [0.3, 0.4) is 0 Å². The third-order valence-electron chi connectivity index (χ3n) is 2.37. The number of nitrogen functional groups attached to an aromatic ring is 1. The third kappa shape index (κ3) is 3.77. The molecule has 1 aromatic carbocycles. The molecule has 0 saturated carbocycles. The molecule has 0 unspecified atom stereocenters. The molecule has 0 aromatic heterocycles. The lowest BCUT2D eigenvalue weighted by Gasteiger charge is -2.07. The van der Waals surface area contributed by atoms with E-state index in [0.717, 1.165) is 28.3 Å². The van der Waals surface area contributed by atoms with Crippen molar-refractivity contribution in [2.45, 2.75) is 24.7 Å². The number of aryl methyl sites for hydroxylation is 1. The Morgan fingerprint density at radius 1 is 1.50 bits per heavy atom. The molecule has 3 nitrogen and oxygen atoms in total. The number of amides is 1. The van der Waals surface area contributed by atoms with E-state index in [1.54, 1.807) is 18.8 Å². The van der Waals surface area contributed by atoms with E-state index in [0.29, 0.717) is 6.42 Å². The van der Waals surface area contributed by atoms with Gasteiger partial charge in [-0.2, -0.15) is 0 Å². The highest BCUT2D eigenvalue weighted by Gasteiger charge is 2.03. The highest BCUT2D eigenvalue weighted by molar-refractivity contribution is 7.99. The summed E-state index contributed by atoms with van der Waals surface area (Å²) in [5.74, 6) is 1.01. The van der Waals surface area contributed by atoms with Crippen molar-refractivity contribution in [3.05, 3.63) is 23.8 Å². The quantitative estimate of drug-likeness (QED) is 0.470. The Morgan fingerprint density at radius 3 is 2.94 bits per heavy atom. The number of hydrogen-bond donors (Lipinski definition) is 2. The number of carbonyl (C=O) groups is 1. The first-order chi connectivity index (χ1) is 7.65. The van der Waals surface area contributed by atoms with E-state index < -0.39 is 0 Å². The Labute approximate surface area is 101 Å². The zero-order chi connectivity index (χ0) is 12.0. The summed E-state index contributed by atoms with van der Waals surface area (Å²) in [6, 6.07) is 6.03. The summed E-state index contributed by atoms with van der Waals surface area (Å²) in [5, 5.41) is 2.61. The average molecular weight is 238 g/mol. The van der Waals surface area contributed by atoms with Crippen molar-refractivity contribution in [3.63, 3.8) is 0 Å². The van der Waals surface area contributed by atoms with Gasteiger partial charge in [0.1, 0.15) is 0 Å². The minimum Gasteiger partial charge on any atom is -0.398 e. The third-order valence-corrected chi connectivity index (χ3v) is 3.53. The maximum absolute atomic E-state index is 11.0. The molecule has 1 amide bonds. The molecule has 0 aliphatic carbocycles. The summed E-state index contributed by atoms with van der Waals surface area (Å²) in [7, 11) is 1.66. The molecule has 0 heterocycles. The largest absolute Gasteiger partial charge is 0.398 e. The van der Waals surface area contributed by atoms with E-state index in [-0.39, 0.29) is 5.91 Å². The second-order valence-electron chi connectivity index (χ2n) is 3.61. The molecule has 3 N–H and O–H groups in total. The molecule has 0 fully saturated rings. The number of hydrogen-bond acceptors (Lipinski definition) is 3. The number of thioether (sulfide) groups is 1. The smallest absolute Gasteiger partial charge is 0.219 e. The zero-order valence-electron chi connectivity index (χ0n) is 9.75. The molecule has 0 spiro atoms. The Bertz CT molecular complexity index is 366. The van der Waals surface area contributed by atoms with Crippen LogP contribution < -0.4 is 11.1 Å². The molecule has 0 radical (unpaired) electrons. The lowest BCUT2D eigenvalue weighted by Crippen LogP contribution is -2.17. The van der Waals surface area contributed by atoms with Crippen molar-refractivity contribution < 1.29 is 4.79 Å². The predicted molar refractivity (Wildman–Crippen MR) is 69.6 cm³/mol. The predicted octanol–water partition coefficient (Wildman–Crippen LogP) is 2.20. The minimum atomic E-state index is 0.0952. The van der Waals surface area contributed by atoms with Crippen molar-refractivity contribution in [3.8, 4) is 0 Å². The van der Waals surface area contributed by atoms with E-state index in [1.165, 1.54) is 0 Å². The van der Waals surface area contributed by atoms with Crippen molar-refractivity contribution in [2.24, 2.45) is 0 Å². The lowest BCUT2D eigenvalue weighted by molar-refractivity contribution is -0.120. The molecule has 0 saturated heterocycles. The molecule has 0 bridgehead atoms. The molecule has 16 heavy (non-hydrogen) atoms. The zero-order valence-corrected chi connectivity index (χ0v) is 10.6. The Balaban J connectivity index is 2.38.